The van der Waals surface area contributed by atoms with Gasteiger partial charge in [0.15, 0.2) is 6.20 Å². The molecule has 0 saturated heterocycles. The molecule has 1 aromatic carbocycles. The SMILES string of the molecule is CCC(C)(CC)c1cc(-c2ccccc2C)[n+](C)cc1[Si](C)(C)C. The van der Waals surface area contributed by atoms with Crippen LogP contribution in [0.2, 0.25) is 19.6 Å². The lowest BCUT2D eigenvalue weighted by Crippen LogP contribution is -2.49. The quantitative estimate of drug-likeness (QED) is 0.526. The van der Waals surface area contributed by atoms with Crippen molar-refractivity contribution in [3.05, 3.63) is 47.7 Å². The van der Waals surface area contributed by atoms with Crippen LogP contribution in [0.1, 0.15) is 44.7 Å². The van der Waals surface area contributed by atoms with E-state index < -0.39 is 8.07 Å². The molecule has 0 aliphatic carbocycles. The number of hydrogen-bond donors (Lipinski definition) is 0. The molecular weight excluding hydrogens is 306 g/mol. The Morgan fingerprint density at radius 2 is 1.62 bits per heavy atom. The highest BCUT2D eigenvalue weighted by molar-refractivity contribution is 6.89. The maximum Gasteiger partial charge on any atom is 0.212 e. The van der Waals surface area contributed by atoms with Gasteiger partial charge in [0, 0.05) is 16.8 Å². The molecule has 0 aliphatic rings. The Labute approximate surface area is 149 Å². The van der Waals surface area contributed by atoms with E-state index >= 15 is 0 Å². The molecule has 1 aromatic heterocycles. The minimum atomic E-state index is -1.41. The van der Waals surface area contributed by atoms with Gasteiger partial charge in [-0.1, -0.05) is 58.6 Å². The van der Waals surface area contributed by atoms with Gasteiger partial charge in [-0.25, -0.2) is 4.57 Å². The number of aryl methyl sites for hydroxylation is 2. The van der Waals surface area contributed by atoms with Gasteiger partial charge < -0.3 is 0 Å². The zero-order chi connectivity index (χ0) is 18.1. The van der Waals surface area contributed by atoms with Gasteiger partial charge in [0.05, 0.1) is 8.07 Å². The number of benzene rings is 1. The summed E-state index contributed by atoms with van der Waals surface area (Å²) in [6, 6.07) is 11.2. The van der Waals surface area contributed by atoms with Crippen molar-refractivity contribution in [2.45, 2.75) is 65.6 Å². The molecule has 0 atom stereocenters. The van der Waals surface area contributed by atoms with Gasteiger partial charge in [0.25, 0.3) is 0 Å². The van der Waals surface area contributed by atoms with Gasteiger partial charge in [-0.05, 0) is 42.4 Å². The number of rotatable bonds is 5. The summed E-state index contributed by atoms with van der Waals surface area (Å²) in [6.45, 7) is 16.7. The number of aromatic nitrogens is 1. The van der Waals surface area contributed by atoms with Crippen LogP contribution in [-0.2, 0) is 12.5 Å². The first-order chi connectivity index (χ1) is 11.1. The highest BCUT2D eigenvalue weighted by Crippen LogP contribution is 2.33. The van der Waals surface area contributed by atoms with Gasteiger partial charge in [-0.15, -0.1) is 0 Å². The summed E-state index contributed by atoms with van der Waals surface area (Å²) in [4.78, 5) is 0. The van der Waals surface area contributed by atoms with Crippen molar-refractivity contribution in [1.82, 2.24) is 0 Å². The third-order valence-corrected chi connectivity index (χ3v) is 7.73. The zero-order valence-corrected chi connectivity index (χ0v) is 17.8. The first-order valence-corrected chi connectivity index (χ1v) is 12.7. The molecule has 0 radical (unpaired) electrons. The molecule has 0 amide bonds. The van der Waals surface area contributed by atoms with Crippen molar-refractivity contribution < 1.29 is 4.57 Å². The van der Waals surface area contributed by atoms with E-state index in [1.807, 2.05) is 0 Å². The molecule has 130 valence electrons. The smallest absolute Gasteiger partial charge is 0.201 e. The lowest BCUT2D eigenvalue weighted by Gasteiger charge is -2.33. The van der Waals surface area contributed by atoms with E-state index in [1.54, 1.807) is 10.8 Å². The van der Waals surface area contributed by atoms with E-state index in [2.05, 4.69) is 95.5 Å². The molecular formula is C22H34NSi+. The Morgan fingerprint density at radius 1 is 1.04 bits per heavy atom. The largest absolute Gasteiger partial charge is 0.212 e. The van der Waals surface area contributed by atoms with Crippen molar-refractivity contribution in [2.75, 3.05) is 0 Å². The maximum absolute atomic E-state index is 2.49. The molecule has 2 heteroatoms. The fourth-order valence-corrected chi connectivity index (χ4v) is 5.27. The lowest BCUT2D eigenvalue weighted by atomic mass is 9.77. The van der Waals surface area contributed by atoms with E-state index in [0.29, 0.717) is 0 Å². The average molecular weight is 341 g/mol. The summed E-state index contributed by atoms with van der Waals surface area (Å²) in [7, 11) is 0.789. The normalized spacial score (nSPS) is 12.5. The van der Waals surface area contributed by atoms with Crippen LogP contribution >= 0.6 is 0 Å². The van der Waals surface area contributed by atoms with Crippen molar-refractivity contribution >= 4 is 13.3 Å². The summed E-state index contributed by atoms with van der Waals surface area (Å²) in [5.41, 5.74) is 5.84. The fourth-order valence-electron chi connectivity index (χ4n) is 3.50. The minimum absolute atomic E-state index is 0.251. The molecule has 0 aliphatic heterocycles. The molecule has 0 unspecified atom stereocenters. The molecule has 24 heavy (non-hydrogen) atoms. The van der Waals surface area contributed by atoms with Crippen LogP contribution in [0.5, 0.6) is 0 Å². The van der Waals surface area contributed by atoms with Crippen molar-refractivity contribution in [2.24, 2.45) is 7.05 Å². The van der Waals surface area contributed by atoms with E-state index in [-0.39, 0.29) is 5.41 Å². The third kappa shape index (κ3) is 3.49. The summed E-state index contributed by atoms with van der Waals surface area (Å²) in [6.07, 6.45) is 4.79. The van der Waals surface area contributed by atoms with Gasteiger partial charge in [0.1, 0.15) is 7.05 Å². The first-order valence-electron chi connectivity index (χ1n) is 9.24. The fraction of sp³-hybridized carbons (Fsp3) is 0.500. The Bertz CT molecular complexity index is 721. The summed E-state index contributed by atoms with van der Waals surface area (Å²) in [5, 5.41) is 1.61. The molecule has 2 rings (SSSR count). The lowest BCUT2D eigenvalue weighted by molar-refractivity contribution is -0.659. The molecule has 2 aromatic rings. The standard InChI is InChI=1S/C22H34NSi/c1-9-22(4,10-2)19-15-20(18-14-12-11-13-17(18)3)23(5)16-21(19)24(6,7)8/h11-16H,9-10H2,1-8H3/q+1. The van der Waals surface area contributed by atoms with Crippen molar-refractivity contribution in [1.29, 1.82) is 0 Å². The predicted octanol–water partition coefficient (Wildman–Crippen LogP) is 5.11. The van der Waals surface area contributed by atoms with Gasteiger partial charge in [-0.2, -0.15) is 0 Å². The third-order valence-electron chi connectivity index (χ3n) is 5.71. The van der Waals surface area contributed by atoms with E-state index in [0.717, 1.165) is 0 Å². The second-order valence-electron chi connectivity index (χ2n) is 8.43. The number of pyridine rings is 1. The van der Waals surface area contributed by atoms with E-state index in [1.165, 1.54) is 29.7 Å². The van der Waals surface area contributed by atoms with Crippen molar-refractivity contribution in [3.63, 3.8) is 0 Å². The molecule has 1 nitrogen and oxygen atoms in total. The molecule has 1 heterocycles. The Hall–Kier alpha value is -1.41. The van der Waals surface area contributed by atoms with Gasteiger partial charge in [-0.3, -0.25) is 0 Å². The van der Waals surface area contributed by atoms with Crippen LogP contribution in [0.25, 0.3) is 11.3 Å². The van der Waals surface area contributed by atoms with Crippen LogP contribution in [0.15, 0.2) is 36.5 Å². The molecule has 0 spiro atoms. The van der Waals surface area contributed by atoms with Crippen LogP contribution in [-0.4, -0.2) is 8.07 Å². The molecule has 0 saturated carbocycles. The van der Waals surface area contributed by atoms with Crippen molar-refractivity contribution in [3.8, 4) is 11.3 Å². The molecule has 0 N–H and O–H groups in total. The van der Waals surface area contributed by atoms with Crippen LogP contribution in [0, 0.1) is 6.92 Å². The summed E-state index contributed by atoms with van der Waals surface area (Å²) in [5.74, 6) is 0. The average Bonchev–Trinajstić information content (AvgIpc) is 2.54. The topological polar surface area (TPSA) is 3.88 Å². The second-order valence-corrected chi connectivity index (χ2v) is 13.5. The maximum atomic E-state index is 2.49. The monoisotopic (exact) mass is 340 g/mol. The number of nitrogens with zero attached hydrogens (tertiary/aromatic N) is 1. The Kier molecular flexibility index (Phi) is 5.39. The van der Waals surface area contributed by atoms with Gasteiger partial charge >= 0.3 is 0 Å². The molecule has 0 fully saturated rings. The minimum Gasteiger partial charge on any atom is -0.201 e. The second kappa shape index (κ2) is 6.83. The Morgan fingerprint density at radius 3 is 2.12 bits per heavy atom. The van der Waals surface area contributed by atoms with Crippen LogP contribution in [0.3, 0.4) is 0 Å². The predicted molar refractivity (Wildman–Crippen MR) is 109 cm³/mol. The zero-order valence-electron chi connectivity index (χ0n) is 16.8. The van der Waals surface area contributed by atoms with E-state index in [9.17, 15) is 0 Å². The van der Waals surface area contributed by atoms with Gasteiger partial charge in [0.2, 0.25) is 5.69 Å². The van der Waals surface area contributed by atoms with Crippen LogP contribution < -0.4 is 9.75 Å². The highest BCUT2D eigenvalue weighted by Gasteiger charge is 2.34. The first kappa shape index (κ1) is 18.9. The highest BCUT2D eigenvalue weighted by atomic mass is 28.3. The summed E-state index contributed by atoms with van der Waals surface area (Å²) < 4.78 is 2.34. The molecule has 0 bridgehead atoms. The summed E-state index contributed by atoms with van der Waals surface area (Å²) >= 11 is 0. The Balaban J connectivity index is 2.81. The van der Waals surface area contributed by atoms with Crippen LogP contribution in [0.4, 0.5) is 0 Å². The van der Waals surface area contributed by atoms with E-state index in [4.69, 9.17) is 0 Å². The number of hydrogen-bond acceptors (Lipinski definition) is 0.